The van der Waals surface area contributed by atoms with Crippen molar-refractivity contribution in [2.24, 2.45) is 5.92 Å². The molecule has 1 saturated carbocycles. The third kappa shape index (κ3) is 7.41. The fourth-order valence-electron chi connectivity index (χ4n) is 4.31. The van der Waals surface area contributed by atoms with Crippen LogP contribution in [0.15, 0.2) is 24.3 Å². The van der Waals surface area contributed by atoms with Gasteiger partial charge in [0.25, 0.3) is 0 Å². The van der Waals surface area contributed by atoms with E-state index < -0.39 is 0 Å². The second-order valence-corrected chi connectivity index (χ2v) is 8.42. The molecule has 1 atom stereocenters. The Morgan fingerprint density at radius 3 is 2.22 bits per heavy atom. The Morgan fingerprint density at radius 1 is 0.963 bits per heavy atom. The lowest BCUT2D eigenvalue weighted by Gasteiger charge is -2.29. The molecule has 1 aromatic rings. The van der Waals surface area contributed by atoms with E-state index in [2.05, 4.69) is 26.0 Å². The van der Waals surface area contributed by atoms with Gasteiger partial charge >= 0.3 is 0 Å². The summed E-state index contributed by atoms with van der Waals surface area (Å²) in [6.45, 7) is 7.02. The Labute approximate surface area is 167 Å². The maximum absolute atomic E-state index is 12.5. The second-order valence-electron chi connectivity index (χ2n) is 8.42. The molecule has 2 heteroatoms. The predicted octanol–water partition coefficient (Wildman–Crippen LogP) is 7.32. The lowest BCUT2D eigenvalue weighted by Crippen LogP contribution is -2.21. The molecule has 0 saturated heterocycles. The molecule has 0 radical (unpaired) electrons. The summed E-state index contributed by atoms with van der Waals surface area (Å²) in [4.78, 5) is 12.5. The van der Waals surface area contributed by atoms with Gasteiger partial charge in [-0.3, -0.25) is 4.79 Å². The first-order chi connectivity index (χ1) is 13.2. The Kier molecular flexibility index (Phi) is 10.1. The van der Waals surface area contributed by atoms with Crippen molar-refractivity contribution in [3.05, 3.63) is 35.4 Å². The van der Waals surface area contributed by atoms with Gasteiger partial charge < -0.3 is 4.74 Å². The predicted molar refractivity (Wildman–Crippen MR) is 115 cm³/mol. The molecule has 2 nitrogen and oxygen atoms in total. The normalized spacial score (nSPS) is 21.1. The molecule has 2 rings (SSSR count). The minimum absolute atomic E-state index is 0.109. The lowest BCUT2D eigenvalue weighted by atomic mass is 9.77. The van der Waals surface area contributed by atoms with Crippen molar-refractivity contribution in [3.63, 3.8) is 0 Å². The summed E-state index contributed by atoms with van der Waals surface area (Å²) in [6.07, 6.45) is 13.9. The summed E-state index contributed by atoms with van der Waals surface area (Å²) in [7, 11) is 0. The average Bonchev–Trinajstić information content (AvgIpc) is 2.71. The standard InChI is InChI=1S/C25H40O2/c1-4-6-8-10-21-11-13-22(14-12-21)23-15-17-24(18-16-23)25(26)20(3)27-19-9-7-5-2/h15-18,20-22H,4-14,19H2,1-3H3. The third-order valence-electron chi connectivity index (χ3n) is 6.21. The first kappa shape index (κ1) is 22.1. The molecule has 1 aliphatic carbocycles. The maximum Gasteiger partial charge on any atom is 0.191 e. The van der Waals surface area contributed by atoms with E-state index >= 15 is 0 Å². The van der Waals surface area contributed by atoms with Crippen molar-refractivity contribution in [2.75, 3.05) is 6.61 Å². The van der Waals surface area contributed by atoms with E-state index in [1.807, 2.05) is 19.1 Å². The van der Waals surface area contributed by atoms with Gasteiger partial charge in [0.2, 0.25) is 0 Å². The van der Waals surface area contributed by atoms with Gasteiger partial charge in [-0.15, -0.1) is 0 Å². The van der Waals surface area contributed by atoms with E-state index in [4.69, 9.17) is 4.74 Å². The van der Waals surface area contributed by atoms with Gasteiger partial charge in [0, 0.05) is 12.2 Å². The summed E-state index contributed by atoms with van der Waals surface area (Å²) >= 11 is 0. The van der Waals surface area contributed by atoms with E-state index in [1.54, 1.807) is 0 Å². The fraction of sp³-hybridized carbons (Fsp3) is 0.720. The van der Waals surface area contributed by atoms with Crippen LogP contribution in [-0.4, -0.2) is 18.5 Å². The molecular formula is C25H40O2. The number of benzene rings is 1. The zero-order valence-corrected chi connectivity index (χ0v) is 17.8. The van der Waals surface area contributed by atoms with Gasteiger partial charge in [-0.05, 0) is 56.4 Å². The number of unbranched alkanes of at least 4 members (excludes halogenated alkanes) is 4. The molecule has 0 spiro atoms. The topological polar surface area (TPSA) is 26.3 Å². The van der Waals surface area contributed by atoms with E-state index in [-0.39, 0.29) is 11.9 Å². The molecule has 27 heavy (non-hydrogen) atoms. The molecule has 0 bridgehead atoms. The van der Waals surface area contributed by atoms with Crippen LogP contribution in [0.25, 0.3) is 0 Å². The number of carbonyl (C=O) groups excluding carboxylic acids is 1. The molecular weight excluding hydrogens is 332 g/mol. The smallest absolute Gasteiger partial charge is 0.191 e. The number of ether oxygens (including phenoxy) is 1. The summed E-state index contributed by atoms with van der Waals surface area (Å²) < 4.78 is 5.71. The van der Waals surface area contributed by atoms with Gasteiger partial charge in [-0.2, -0.15) is 0 Å². The van der Waals surface area contributed by atoms with Crippen LogP contribution in [0.4, 0.5) is 0 Å². The number of hydrogen-bond acceptors (Lipinski definition) is 2. The second kappa shape index (κ2) is 12.3. The Morgan fingerprint density at radius 2 is 1.59 bits per heavy atom. The van der Waals surface area contributed by atoms with Crippen molar-refractivity contribution < 1.29 is 9.53 Å². The van der Waals surface area contributed by atoms with Crippen LogP contribution < -0.4 is 0 Å². The summed E-state index contributed by atoms with van der Waals surface area (Å²) in [5.74, 6) is 1.73. The minimum Gasteiger partial charge on any atom is -0.370 e. The van der Waals surface area contributed by atoms with Crippen molar-refractivity contribution >= 4 is 5.78 Å². The minimum atomic E-state index is -0.341. The Bertz CT molecular complexity index is 526. The van der Waals surface area contributed by atoms with Crippen molar-refractivity contribution in [3.8, 4) is 0 Å². The third-order valence-corrected chi connectivity index (χ3v) is 6.21. The molecule has 0 aliphatic heterocycles. The molecule has 0 N–H and O–H groups in total. The van der Waals surface area contributed by atoms with Crippen LogP contribution in [0.1, 0.15) is 113 Å². The molecule has 0 amide bonds. The Hall–Kier alpha value is -1.15. The largest absolute Gasteiger partial charge is 0.370 e. The zero-order valence-electron chi connectivity index (χ0n) is 17.8. The quantitative estimate of drug-likeness (QED) is 0.284. The molecule has 0 heterocycles. The molecule has 1 fully saturated rings. The number of rotatable bonds is 12. The first-order valence-corrected chi connectivity index (χ1v) is 11.4. The SMILES string of the molecule is CCCCCOC(C)C(=O)c1ccc(C2CCC(CCCCC)CC2)cc1. The van der Waals surface area contributed by atoms with Crippen molar-refractivity contribution in [1.29, 1.82) is 0 Å². The van der Waals surface area contributed by atoms with Crippen LogP contribution in [-0.2, 0) is 4.74 Å². The number of carbonyl (C=O) groups is 1. The van der Waals surface area contributed by atoms with Gasteiger partial charge in [0.05, 0.1) is 0 Å². The van der Waals surface area contributed by atoms with Gasteiger partial charge in [-0.1, -0.05) is 76.6 Å². The van der Waals surface area contributed by atoms with Gasteiger partial charge in [-0.25, -0.2) is 0 Å². The van der Waals surface area contributed by atoms with Crippen molar-refractivity contribution in [2.45, 2.75) is 103 Å². The lowest BCUT2D eigenvalue weighted by molar-refractivity contribution is 0.0465. The van der Waals surface area contributed by atoms with E-state index in [1.165, 1.54) is 63.4 Å². The fourth-order valence-corrected chi connectivity index (χ4v) is 4.31. The highest BCUT2D eigenvalue weighted by atomic mass is 16.5. The molecule has 1 aromatic carbocycles. The molecule has 0 aromatic heterocycles. The maximum atomic E-state index is 12.5. The highest BCUT2D eigenvalue weighted by molar-refractivity contribution is 5.99. The van der Waals surface area contributed by atoms with Crippen molar-refractivity contribution in [1.82, 2.24) is 0 Å². The molecule has 1 aliphatic rings. The first-order valence-electron chi connectivity index (χ1n) is 11.4. The van der Waals surface area contributed by atoms with Crippen LogP contribution in [0.5, 0.6) is 0 Å². The summed E-state index contributed by atoms with van der Waals surface area (Å²) in [6, 6.07) is 8.38. The van der Waals surface area contributed by atoms with Crippen LogP contribution in [0.2, 0.25) is 0 Å². The van der Waals surface area contributed by atoms with E-state index in [0.717, 1.165) is 24.3 Å². The highest BCUT2D eigenvalue weighted by Gasteiger charge is 2.22. The van der Waals surface area contributed by atoms with E-state index in [0.29, 0.717) is 12.5 Å². The van der Waals surface area contributed by atoms with Gasteiger partial charge in [0.15, 0.2) is 5.78 Å². The average molecular weight is 373 g/mol. The number of Topliss-reactive ketones (excluding diaryl/α,β-unsaturated/α-hetero) is 1. The number of hydrogen-bond donors (Lipinski definition) is 0. The summed E-state index contributed by atoms with van der Waals surface area (Å²) in [5.41, 5.74) is 2.20. The van der Waals surface area contributed by atoms with Crippen LogP contribution >= 0.6 is 0 Å². The summed E-state index contributed by atoms with van der Waals surface area (Å²) in [5, 5.41) is 0. The van der Waals surface area contributed by atoms with Gasteiger partial charge in [0.1, 0.15) is 6.10 Å². The molecule has 152 valence electrons. The van der Waals surface area contributed by atoms with Crippen LogP contribution in [0, 0.1) is 5.92 Å². The monoisotopic (exact) mass is 372 g/mol. The molecule has 1 unspecified atom stereocenters. The van der Waals surface area contributed by atoms with Crippen LogP contribution in [0.3, 0.4) is 0 Å². The zero-order chi connectivity index (χ0) is 19.5. The van der Waals surface area contributed by atoms with E-state index in [9.17, 15) is 4.79 Å². The Balaban J connectivity index is 1.78. The highest BCUT2D eigenvalue weighted by Crippen LogP contribution is 2.37. The number of ketones is 1.